The number of ether oxygens (including phenoxy) is 2. The van der Waals surface area contributed by atoms with Crippen molar-refractivity contribution in [3.05, 3.63) is 53.1 Å². The van der Waals surface area contributed by atoms with Crippen molar-refractivity contribution in [2.75, 3.05) is 31.6 Å². The van der Waals surface area contributed by atoms with Gasteiger partial charge in [0, 0.05) is 18.7 Å². The molecule has 0 saturated heterocycles. The highest BCUT2D eigenvalue weighted by Crippen LogP contribution is 2.23. The molecule has 9 heteroatoms. The largest absolute Gasteiger partial charge is 0.484 e. The lowest BCUT2D eigenvalue weighted by Crippen LogP contribution is -2.31. The zero-order valence-electron chi connectivity index (χ0n) is 15.0. The number of halogens is 1. The molecule has 1 amide bonds. The fourth-order valence-electron chi connectivity index (χ4n) is 2.08. The quantitative estimate of drug-likeness (QED) is 0.617. The highest BCUT2D eigenvalue weighted by atomic mass is 35.5. The standard InChI is InChI=1S/C18H21ClN2O5S/c1-13-3-4-14(11-17(13)19)21-27(23,24)16-7-5-15(6-8-16)26-12-18(22)20-9-10-25-2/h3-8,11,21H,9-10,12H2,1-2H3,(H,20,22). The van der Waals surface area contributed by atoms with E-state index in [1.165, 1.54) is 24.3 Å². The number of carbonyl (C=O) groups excluding carboxylic acids is 1. The second-order valence-electron chi connectivity index (χ2n) is 5.67. The van der Waals surface area contributed by atoms with Crippen LogP contribution in [0.2, 0.25) is 5.02 Å². The third-order valence-corrected chi connectivity index (χ3v) is 5.36. The number of amides is 1. The number of hydrogen-bond donors (Lipinski definition) is 2. The van der Waals surface area contributed by atoms with Gasteiger partial charge < -0.3 is 14.8 Å². The highest BCUT2D eigenvalue weighted by Gasteiger charge is 2.15. The van der Waals surface area contributed by atoms with Gasteiger partial charge in [0.1, 0.15) is 5.75 Å². The maximum absolute atomic E-state index is 12.5. The van der Waals surface area contributed by atoms with Gasteiger partial charge in [-0.05, 0) is 48.9 Å². The lowest BCUT2D eigenvalue weighted by molar-refractivity contribution is -0.123. The number of nitrogens with one attached hydrogen (secondary N) is 2. The topological polar surface area (TPSA) is 93.7 Å². The first kappa shape index (κ1) is 21.0. The molecule has 0 spiro atoms. The number of carbonyl (C=O) groups is 1. The van der Waals surface area contributed by atoms with Crippen molar-refractivity contribution >= 4 is 33.2 Å². The summed E-state index contributed by atoms with van der Waals surface area (Å²) < 4.78 is 37.5. The van der Waals surface area contributed by atoms with Crippen LogP contribution in [0.1, 0.15) is 5.56 Å². The summed E-state index contributed by atoms with van der Waals surface area (Å²) in [6.07, 6.45) is 0. The zero-order chi connectivity index (χ0) is 19.9. The van der Waals surface area contributed by atoms with Gasteiger partial charge in [-0.15, -0.1) is 0 Å². The monoisotopic (exact) mass is 412 g/mol. The van der Waals surface area contributed by atoms with Gasteiger partial charge in [-0.2, -0.15) is 0 Å². The molecule has 0 saturated carbocycles. The maximum atomic E-state index is 12.5. The Bertz CT molecular complexity index is 885. The van der Waals surface area contributed by atoms with Crippen molar-refractivity contribution in [1.82, 2.24) is 5.32 Å². The van der Waals surface area contributed by atoms with E-state index < -0.39 is 10.0 Å². The molecule has 0 atom stereocenters. The van der Waals surface area contributed by atoms with Gasteiger partial charge in [-0.3, -0.25) is 9.52 Å². The summed E-state index contributed by atoms with van der Waals surface area (Å²) >= 11 is 6.02. The second kappa shape index (κ2) is 9.59. The van der Waals surface area contributed by atoms with Gasteiger partial charge in [0.2, 0.25) is 0 Å². The van der Waals surface area contributed by atoms with Crippen LogP contribution in [0.5, 0.6) is 5.75 Å². The lowest BCUT2D eigenvalue weighted by atomic mass is 10.2. The summed E-state index contributed by atoms with van der Waals surface area (Å²) in [6, 6.07) is 10.7. The van der Waals surface area contributed by atoms with E-state index in [2.05, 4.69) is 10.0 Å². The number of hydrogen-bond acceptors (Lipinski definition) is 5. The molecule has 2 N–H and O–H groups in total. The highest BCUT2D eigenvalue weighted by molar-refractivity contribution is 7.92. The summed E-state index contributed by atoms with van der Waals surface area (Å²) in [7, 11) is -2.22. The summed E-state index contributed by atoms with van der Waals surface area (Å²) in [6.45, 7) is 2.47. The molecule has 0 heterocycles. The summed E-state index contributed by atoms with van der Waals surface area (Å²) in [4.78, 5) is 11.6. The molecular weight excluding hydrogens is 392 g/mol. The number of anilines is 1. The molecule has 27 heavy (non-hydrogen) atoms. The summed E-state index contributed by atoms with van der Waals surface area (Å²) in [5.74, 6) is 0.0934. The number of aryl methyl sites for hydroxylation is 1. The Morgan fingerprint density at radius 2 is 1.85 bits per heavy atom. The van der Waals surface area contributed by atoms with Gasteiger partial charge in [0.25, 0.3) is 15.9 Å². The fourth-order valence-corrected chi connectivity index (χ4v) is 3.31. The van der Waals surface area contributed by atoms with Crippen LogP contribution in [0.15, 0.2) is 47.4 Å². The maximum Gasteiger partial charge on any atom is 0.261 e. The Hall–Kier alpha value is -2.29. The third kappa shape index (κ3) is 6.42. The molecule has 0 aromatic heterocycles. The Morgan fingerprint density at radius 1 is 1.15 bits per heavy atom. The first-order valence-electron chi connectivity index (χ1n) is 8.09. The van der Waals surface area contributed by atoms with E-state index in [9.17, 15) is 13.2 Å². The van der Waals surface area contributed by atoms with Crippen LogP contribution in [-0.4, -0.2) is 41.2 Å². The molecule has 0 unspecified atom stereocenters. The van der Waals surface area contributed by atoms with Crippen molar-refractivity contribution in [1.29, 1.82) is 0 Å². The lowest BCUT2D eigenvalue weighted by Gasteiger charge is -2.10. The SMILES string of the molecule is COCCNC(=O)COc1ccc(S(=O)(=O)Nc2ccc(C)c(Cl)c2)cc1. The second-order valence-corrected chi connectivity index (χ2v) is 7.76. The molecule has 0 radical (unpaired) electrons. The van der Waals surface area contributed by atoms with Crippen molar-refractivity contribution < 1.29 is 22.7 Å². The van der Waals surface area contributed by atoms with E-state index in [0.717, 1.165) is 5.56 Å². The average Bonchev–Trinajstić information content (AvgIpc) is 2.63. The van der Waals surface area contributed by atoms with Gasteiger partial charge in [-0.25, -0.2) is 8.42 Å². The van der Waals surface area contributed by atoms with Crippen LogP contribution in [0, 0.1) is 6.92 Å². The molecule has 0 fully saturated rings. The molecule has 0 aliphatic rings. The molecular formula is C18H21ClN2O5S. The third-order valence-electron chi connectivity index (χ3n) is 3.56. The van der Waals surface area contributed by atoms with Crippen LogP contribution >= 0.6 is 11.6 Å². The molecule has 0 aliphatic heterocycles. The molecule has 0 bridgehead atoms. The van der Waals surface area contributed by atoms with Gasteiger partial charge in [-0.1, -0.05) is 17.7 Å². The first-order valence-corrected chi connectivity index (χ1v) is 9.95. The minimum absolute atomic E-state index is 0.0658. The molecule has 2 aromatic rings. The molecule has 2 aromatic carbocycles. The van der Waals surface area contributed by atoms with E-state index in [-0.39, 0.29) is 17.4 Å². The van der Waals surface area contributed by atoms with Crippen molar-refractivity contribution in [2.45, 2.75) is 11.8 Å². The Balaban J connectivity index is 1.96. The van der Waals surface area contributed by atoms with Crippen molar-refractivity contribution in [2.24, 2.45) is 0 Å². The fraction of sp³-hybridized carbons (Fsp3) is 0.278. The minimum atomic E-state index is -3.76. The van der Waals surface area contributed by atoms with Crippen molar-refractivity contribution in [3.63, 3.8) is 0 Å². The van der Waals surface area contributed by atoms with E-state index in [0.29, 0.717) is 29.6 Å². The summed E-state index contributed by atoms with van der Waals surface area (Å²) in [5, 5.41) is 3.09. The number of sulfonamides is 1. The van der Waals surface area contributed by atoms with Crippen LogP contribution in [0.3, 0.4) is 0 Å². The Kier molecular flexibility index (Phi) is 7.46. The molecule has 2 rings (SSSR count). The van der Waals surface area contributed by atoms with E-state index in [4.69, 9.17) is 21.1 Å². The van der Waals surface area contributed by atoms with Crippen molar-refractivity contribution in [3.8, 4) is 5.75 Å². The Morgan fingerprint density at radius 3 is 2.48 bits per heavy atom. The number of benzene rings is 2. The van der Waals surface area contributed by atoms with Crippen LogP contribution in [0.4, 0.5) is 5.69 Å². The number of rotatable bonds is 9. The van der Waals surface area contributed by atoms with Crippen LogP contribution in [-0.2, 0) is 19.6 Å². The molecule has 0 aliphatic carbocycles. The van der Waals surface area contributed by atoms with Crippen LogP contribution in [0.25, 0.3) is 0 Å². The summed E-state index contributed by atoms with van der Waals surface area (Å²) in [5.41, 5.74) is 1.23. The molecule has 7 nitrogen and oxygen atoms in total. The predicted molar refractivity (Wildman–Crippen MR) is 104 cm³/mol. The van der Waals surface area contributed by atoms with E-state index >= 15 is 0 Å². The number of methoxy groups -OCH3 is 1. The average molecular weight is 413 g/mol. The Labute approximate surface area is 163 Å². The van der Waals surface area contributed by atoms with Crippen LogP contribution < -0.4 is 14.8 Å². The van der Waals surface area contributed by atoms with E-state index in [1.807, 2.05) is 6.92 Å². The normalized spacial score (nSPS) is 11.1. The zero-order valence-corrected chi connectivity index (χ0v) is 16.6. The molecule has 146 valence electrons. The predicted octanol–water partition coefficient (Wildman–Crippen LogP) is 2.59. The van der Waals surface area contributed by atoms with E-state index in [1.54, 1.807) is 25.3 Å². The van der Waals surface area contributed by atoms with Gasteiger partial charge in [0.15, 0.2) is 6.61 Å². The minimum Gasteiger partial charge on any atom is -0.484 e. The first-order chi connectivity index (χ1) is 12.8. The van der Waals surface area contributed by atoms with Gasteiger partial charge >= 0.3 is 0 Å². The van der Waals surface area contributed by atoms with Gasteiger partial charge in [0.05, 0.1) is 17.2 Å². The smallest absolute Gasteiger partial charge is 0.261 e.